The molecule has 2 rings (SSSR count). The van der Waals surface area contributed by atoms with Crippen LogP contribution in [0.15, 0.2) is 29.2 Å². The van der Waals surface area contributed by atoms with Crippen LogP contribution in [0.25, 0.3) is 0 Å². The number of rotatable bonds is 4. The second-order valence-corrected chi connectivity index (χ2v) is 10.3. The van der Waals surface area contributed by atoms with E-state index in [1.165, 1.54) is 18.2 Å². The summed E-state index contributed by atoms with van der Waals surface area (Å²) in [5, 5.41) is -0.0306. The van der Waals surface area contributed by atoms with Crippen LogP contribution < -0.4 is 0 Å². The Labute approximate surface area is 140 Å². The Morgan fingerprint density at radius 1 is 1.05 bits per heavy atom. The lowest BCUT2D eigenvalue weighted by Gasteiger charge is -2.32. The van der Waals surface area contributed by atoms with Crippen LogP contribution in [-0.2, 0) is 19.3 Å². The van der Waals surface area contributed by atoms with Gasteiger partial charge in [-0.3, -0.25) is 0 Å². The predicted molar refractivity (Wildman–Crippen MR) is 86.7 cm³/mol. The third-order valence-corrected chi connectivity index (χ3v) is 8.57. The molecule has 1 saturated carbocycles. The van der Waals surface area contributed by atoms with Gasteiger partial charge in [0, 0.05) is 16.7 Å². The third kappa shape index (κ3) is 3.76. The zero-order valence-electron chi connectivity index (χ0n) is 11.9. The van der Waals surface area contributed by atoms with E-state index in [9.17, 15) is 16.8 Å². The van der Waals surface area contributed by atoms with Gasteiger partial charge in [-0.15, -0.1) is 0 Å². The Morgan fingerprint density at radius 2 is 1.59 bits per heavy atom. The zero-order chi connectivity index (χ0) is 16.5. The predicted octanol–water partition coefficient (Wildman–Crippen LogP) is 3.39. The normalized spacial score (nSPS) is 23.6. The molecule has 0 aliphatic heterocycles. The maximum atomic E-state index is 12.8. The van der Waals surface area contributed by atoms with E-state index in [0.29, 0.717) is 22.5 Å². The maximum Gasteiger partial charge on any atom is 0.313 e. The van der Waals surface area contributed by atoms with Gasteiger partial charge in [0.05, 0.1) is 5.02 Å². The third-order valence-electron chi connectivity index (χ3n) is 3.85. The molecule has 0 bridgehead atoms. The first-order valence-electron chi connectivity index (χ1n) is 6.88. The SMILES string of the molecule is CC1CCC(N(S(=O)(=O)Cl)S(=O)(=O)c2ccccc2Cl)CC1. The van der Waals surface area contributed by atoms with Crippen molar-refractivity contribution in [3.8, 4) is 0 Å². The zero-order valence-corrected chi connectivity index (χ0v) is 15.1. The Kier molecular flexibility index (Phi) is 5.44. The minimum atomic E-state index is -4.45. The summed E-state index contributed by atoms with van der Waals surface area (Å²) in [6.07, 6.45) is 2.42. The van der Waals surface area contributed by atoms with Crippen molar-refractivity contribution in [3.05, 3.63) is 29.3 Å². The van der Waals surface area contributed by atoms with E-state index >= 15 is 0 Å². The molecule has 0 radical (unpaired) electrons. The van der Waals surface area contributed by atoms with E-state index < -0.39 is 25.3 Å². The average Bonchev–Trinajstić information content (AvgIpc) is 2.40. The molecule has 22 heavy (non-hydrogen) atoms. The summed E-state index contributed by atoms with van der Waals surface area (Å²) in [5.74, 6) is 0.444. The standard InChI is InChI=1S/C13H17Cl2NO4S2/c1-10-6-8-11(9-7-10)16(22(15,19)20)21(17,18)13-5-3-2-4-12(13)14/h2-5,10-11H,6-9H2,1H3. The molecule has 0 unspecified atom stereocenters. The number of hydrogen-bond acceptors (Lipinski definition) is 4. The van der Waals surface area contributed by atoms with Crippen LogP contribution in [0.1, 0.15) is 32.6 Å². The lowest BCUT2D eigenvalue weighted by atomic mass is 9.88. The van der Waals surface area contributed by atoms with Gasteiger partial charge in [-0.25, -0.2) is 8.42 Å². The topological polar surface area (TPSA) is 71.5 Å². The van der Waals surface area contributed by atoms with Gasteiger partial charge in [0.2, 0.25) is 0 Å². The van der Waals surface area contributed by atoms with Crippen LogP contribution in [0, 0.1) is 5.92 Å². The van der Waals surface area contributed by atoms with E-state index in [4.69, 9.17) is 22.3 Å². The lowest BCUT2D eigenvalue weighted by molar-refractivity contribution is 0.280. The molecule has 0 atom stereocenters. The number of nitrogens with zero attached hydrogens (tertiary/aromatic N) is 1. The summed E-state index contributed by atoms with van der Waals surface area (Å²) < 4.78 is 49.8. The first kappa shape index (κ1) is 18.0. The number of sulfonamides is 1. The van der Waals surface area contributed by atoms with Gasteiger partial charge >= 0.3 is 9.24 Å². The molecule has 1 aliphatic rings. The van der Waals surface area contributed by atoms with Crippen LogP contribution in [0.5, 0.6) is 0 Å². The van der Waals surface area contributed by atoms with Crippen molar-refractivity contribution in [1.82, 2.24) is 3.71 Å². The van der Waals surface area contributed by atoms with Crippen molar-refractivity contribution < 1.29 is 16.8 Å². The lowest BCUT2D eigenvalue weighted by Crippen LogP contribution is -2.44. The molecule has 1 aromatic rings. The molecule has 0 aromatic heterocycles. The second kappa shape index (κ2) is 6.65. The highest BCUT2D eigenvalue weighted by molar-refractivity contribution is 8.18. The summed E-state index contributed by atoms with van der Waals surface area (Å²) in [6.45, 7) is 2.05. The Hall–Kier alpha value is -0.340. The molecule has 1 aliphatic carbocycles. The van der Waals surface area contributed by atoms with Gasteiger partial charge in [0.25, 0.3) is 10.0 Å². The highest BCUT2D eigenvalue weighted by Crippen LogP contribution is 2.35. The van der Waals surface area contributed by atoms with Crippen molar-refractivity contribution >= 4 is 41.5 Å². The molecular formula is C13H17Cl2NO4S2. The monoisotopic (exact) mass is 385 g/mol. The quantitative estimate of drug-likeness (QED) is 0.744. The van der Waals surface area contributed by atoms with Gasteiger partial charge in [-0.05, 0) is 43.7 Å². The van der Waals surface area contributed by atoms with Crippen molar-refractivity contribution in [2.45, 2.75) is 43.5 Å². The van der Waals surface area contributed by atoms with E-state index in [0.717, 1.165) is 12.8 Å². The molecule has 1 aromatic carbocycles. The van der Waals surface area contributed by atoms with E-state index in [-0.39, 0.29) is 9.92 Å². The molecule has 124 valence electrons. The smallest absolute Gasteiger partial charge is 0.206 e. The molecule has 0 saturated heterocycles. The first-order valence-corrected chi connectivity index (χ1v) is 11.0. The Bertz CT molecular complexity index is 741. The fraction of sp³-hybridized carbons (Fsp3) is 0.538. The van der Waals surface area contributed by atoms with Gasteiger partial charge in [0.15, 0.2) is 0 Å². The number of benzene rings is 1. The van der Waals surface area contributed by atoms with E-state index in [1.54, 1.807) is 6.07 Å². The molecule has 0 N–H and O–H groups in total. The summed E-state index contributed by atoms with van der Waals surface area (Å²) in [4.78, 5) is -0.250. The van der Waals surface area contributed by atoms with Crippen LogP contribution in [-0.4, -0.2) is 26.6 Å². The van der Waals surface area contributed by atoms with E-state index in [1.807, 2.05) is 0 Å². The average molecular weight is 386 g/mol. The van der Waals surface area contributed by atoms with Crippen molar-refractivity contribution in [3.63, 3.8) is 0 Å². The molecule has 1 fully saturated rings. The molecular weight excluding hydrogens is 369 g/mol. The van der Waals surface area contributed by atoms with Crippen LogP contribution >= 0.6 is 22.3 Å². The minimum absolute atomic E-state index is 0.0306. The highest BCUT2D eigenvalue weighted by Gasteiger charge is 2.42. The van der Waals surface area contributed by atoms with Crippen molar-refractivity contribution in [2.24, 2.45) is 5.92 Å². The number of halogens is 2. The fourth-order valence-corrected chi connectivity index (χ4v) is 7.24. The summed E-state index contributed by atoms with van der Waals surface area (Å²) >= 11 is 5.92. The van der Waals surface area contributed by atoms with Gasteiger partial charge in [-0.1, -0.05) is 34.4 Å². The minimum Gasteiger partial charge on any atom is -0.206 e. The maximum absolute atomic E-state index is 12.8. The van der Waals surface area contributed by atoms with Gasteiger partial charge in [0.1, 0.15) is 4.90 Å². The summed E-state index contributed by atoms with van der Waals surface area (Å²) in [6, 6.07) is 5.07. The molecule has 0 heterocycles. The van der Waals surface area contributed by atoms with Gasteiger partial charge < -0.3 is 0 Å². The molecule has 0 spiro atoms. The van der Waals surface area contributed by atoms with Crippen LogP contribution in [0.4, 0.5) is 0 Å². The molecule has 9 heteroatoms. The first-order chi connectivity index (χ1) is 10.1. The van der Waals surface area contributed by atoms with Crippen molar-refractivity contribution in [2.75, 3.05) is 0 Å². The fourth-order valence-electron chi connectivity index (χ4n) is 2.70. The highest BCUT2D eigenvalue weighted by atomic mass is 35.7. The largest absolute Gasteiger partial charge is 0.313 e. The summed E-state index contributed by atoms with van der Waals surface area (Å²) in [5.41, 5.74) is 0. The molecule has 0 amide bonds. The number of hydrogen-bond donors (Lipinski definition) is 0. The Morgan fingerprint density at radius 3 is 2.09 bits per heavy atom. The van der Waals surface area contributed by atoms with Crippen LogP contribution in [0.3, 0.4) is 0 Å². The van der Waals surface area contributed by atoms with Crippen molar-refractivity contribution in [1.29, 1.82) is 0 Å². The Balaban J connectivity index is 2.49. The van der Waals surface area contributed by atoms with E-state index in [2.05, 4.69) is 6.92 Å². The molecule has 5 nitrogen and oxygen atoms in total. The van der Waals surface area contributed by atoms with Gasteiger partial charge in [-0.2, -0.15) is 8.42 Å². The second-order valence-electron chi connectivity index (χ2n) is 5.52. The van der Waals surface area contributed by atoms with Crippen LogP contribution in [0.2, 0.25) is 5.02 Å². The summed E-state index contributed by atoms with van der Waals surface area (Å²) in [7, 11) is -3.34.